The third kappa shape index (κ3) is 3.87. The molecule has 0 fully saturated rings. The first-order valence-electron chi connectivity index (χ1n) is 7.21. The zero-order valence-corrected chi connectivity index (χ0v) is 14.1. The van der Waals surface area contributed by atoms with Crippen LogP contribution >= 0.6 is 12.4 Å². The Labute approximate surface area is 137 Å². The maximum absolute atomic E-state index is 12.5. The topological polar surface area (TPSA) is 50.2 Å². The second-order valence-corrected chi connectivity index (χ2v) is 4.94. The van der Waals surface area contributed by atoms with E-state index < -0.39 is 0 Å². The van der Waals surface area contributed by atoms with Crippen molar-refractivity contribution >= 4 is 18.3 Å². The fourth-order valence-corrected chi connectivity index (χ4v) is 2.27. The molecule has 5 nitrogen and oxygen atoms in total. The first kappa shape index (κ1) is 18.2. The van der Waals surface area contributed by atoms with E-state index >= 15 is 0 Å². The highest BCUT2D eigenvalue weighted by molar-refractivity contribution is 5.95. The largest absolute Gasteiger partial charge is 0.340 e. The lowest BCUT2D eigenvalue weighted by Gasteiger charge is -2.17. The number of hydrogen-bond donors (Lipinski definition) is 1. The molecule has 0 aliphatic rings. The molecular weight excluding hydrogens is 300 g/mol. The van der Waals surface area contributed by atoms with Gasteiger partial charge in [-0.25, -0.2) is 4.68 Å². The fraction of sp³-hybridized carbons (Fsp3) is 0.375. The number of carbonyl (C=O) groups excluding carboxylic acids is 1. The predicted molar refractivity (Wildman–Crippen MR) is 91.1 cm³/mol. The lowest BCUT2D eigenvalue weighted by Crippen LogP contribution is -2.33. The van der Waals surface area contributed by atoms with Gasteiger partial charge in [0.2, 0.25) is 0 Å². The van der Waals surface area contributed by atoms with Gasteiger partial charge in [0.25, 0.3) is 5.91 Å². The van der Waals surface area contributed by atoms with Gasteiger partial charge in [-0.3, -0.25) is 4.79 Å². The molecule has 0 unspecified atom stereocenters. The van der Waals surface area contributed by atoms with Gasteiger partial charge in [-0.1, -0.05) is 25.1 Å². The third-order valence-corrected chi connectivity index (χ3v) is 3.48. The molecule has 0 aliphatic heterocycles. The molecule has 0 aliphatic carbocycles. The molecule has 120 valence electrons. The van der Waals surface area contributed by atoms with Crippen molar-refractivity contribution in [2.45, 2.75) is 13.3 Å². The molecular formula is C16H23ClN4O. The average molecular weight is 323 g/mol. The Morgan fingerprint density at radius 1 is 1.32 bits per heavy atom. The zero-order valence-electron chi connectivity index (χ0n) is 13.2. The van der Waals surface area contributed by atoms with E-state index in [0.717, 1.165) is 24.3 Å². The average Bonchev–Trinajstić information content (AvgIpc) is 2.96. The van der Waals surface area contributed by atoms with Gasteiger partial charge in [-0.15, -0.1) is 12.4 Å². The van der Waals surface area contributed by atoms with E-state index in [-0.39, 0.29) is 18.3 Å². The normalized spacial score (nSPS) is 10.1. The summed E-state index contributed by atoms with van der Waals surface area (Å²) in [4.78, 5) is 14.2. The van der Waals surface area contributed by atoms with Crippen molar-refractivity contribution in [3.8, 4) is 5.69 Å². The summed E-state index contributed by atoms with van der Waals surface area (Å²) in [5, 5.41) is 7.44. The van der Waals surface area contributed by atoms with Crippen LogP contribution in [-0.2, 0) is 6.42 Å². The molecule has 0 saturated carbocycles. The summed E-state index contributed by atoms with van der Waals surface area (Å²) in [5.74, 6) is 0.0179. The monoisotopic (exact) mass is 322 g/mol. The quantitative estimate of drug-likeness (QED) is 0.886. The first-order chi connectivity index (χ1) is 10.2. The van der Waals surface area contributed by atoms with Crippen LogP contribution < -0.4 is 5.32 Å². The lowest BCUT2D eigenvalue weighted by atomic mass is 10.1. The fourth-order valence-electron chi connectivity index (χ4n) is 2.27. The van der Waals surface area contributed by atoms with Crippen LogP contribution in [-0.4, -0.2) is 47.8 Å². The van der Waals surface area contributed by atoms with Crippen molar-refractivity contribution in [1.82, 2.24) is 20.0 Å². The molecule has 1 aromatic carbocycles. The number of rotatable bonds is 6. The molecule has 1 amide bonds. The van der Waals surface area contributed by atoms with Gasteiger partial charge in [-0.05, 0) is 25.6 Å². The maximum atomic E-state index is 12.5. The zero-order chi connectivity index (χ0) is 15.2. The smallest absolute Gasteiger partial charge is 0.257 e. The Morgan fingerprint density at radius 2 is 2.00 bits per heavy atom. The van der Waals surface area contributed by atoms with Gasteiger partial charge in [-0.2, -0.15) is 5.10 Å². The minimum Gasteiger partial charge on any atom is -0.340 e. The Kier molecular flexibility index (Phi) is 7.08. The number of amides is 1. The highest BCUT2D eigenvalue weighted by Crippen LogP contribution is 2.17. The van der Waals surface area contributed by atoms with E-state index in [0.29, 0.717) is 12.1 Å². The van der Waals surface area contributed by atoms with E-state index in [1.807, 2.05) is 56.0 Å². The van der Waals surface area contributed by atoms with E-state index in [1.165, 1.54) is 0 Å². The Hall–Kier alpha value is -1.85. The number of nitrogens with zero attached hydrogens (tertiary/aromatic N) is 3. The van der Waals surface area contributed by atoms with Gasteiger partial charge < -0.3 is 10.2 Å². The van der Waals surface area contributed by atoms with Crippen LogP contribution in [0.1, 0.15) is 23.0 Å². The Morgan fingerprint density at radius 3 is 2.59 bits per heavy atom. The summed E-state index contributed by atoms with van der Waals surface area (Å²) in [5.41, 5.74) is 2.61. The molecule has 0 bridgehead atoms. The molecule has 0 atom stereocenters. The molecule has 22 heavy (non-hydrogen) atoms. The molecule has 6 heteroatoms. The standard InChI is InChI=1S/C16H22N4O.ClH/c1-4-15-14(16(21)19(3)11-10-17-2)12-18-20(15)13-8-6-5-7-9-13;/h5-9,12,17H,4,10-11H2,1-3H3;1H. The van der Waals surface area contributed by atoms with Gasteiger partial charge in [0.05, 0.1) is 23.1 Å². The molecule has 1 heterocycles. The molecule has 0 saturated heterocycles. The number of benzene rings is 1. The minimum absolute atomic E-state index is 0. The van der Waals surface area contributed by atoms with E-state index in [1.54, 1.807) is 11.1 Å². The second-order valence-electron chi connectivity index (χ2n) is 4.94. The van der Waals surface area contributed by atoms with Gasteiger partial charge >= 0.3 is 0 Å². The van der Waals surface area contributed by atoms with Gasteiger partial charge in [0, 0.05) is 20.1 Å². The van der Waals surface area contributed by atoms with Crippen molar-refractivity contribution < 1.29 is 4.79 Å². The highest BCUT2D eigenvalue weighted by Gasteiger charge is 2.19. The van der Waals surface area contributed by atoms with Crippen molar-refractivity contribution in [2.24, 2.45) is 0 Å². The van der Waals surface area contributed by atoms with Crippen molar-refractivity contribution in [3.63, 3.8) is 0 Å². The van der Waals surface area contributed by atoms with E-state index in [9.17, 15) is 4.79 Å². The van der Waals surface area contributed by atoms with Gasteiger partial charge in [0.15, 0.2) is 0 Å². The number of hydrogen-bond acceptors (Lipinski definition) is 3. The van der Waals surface area contributed by atoms with Crippen molar-refractivity contribution in [2.75, 3.05) is 27.2 Å². The summed E-state index contributed by atoms with van der Waals surface area (Å²) in [7, 11) is 3.70. The number of para-hydroxylation sites is 1. The van der Waals surface area contributed by atoms with E-state index in [2.05, 4.69) is 10.4 Å². The van der Waals surface area contributed by atoms with Crippen molar-refractivity contribution in [3.05, 3.63) is 47.8 Å². The van der Waals surface area contributed by atoms with Crippen LogP contribution in [0.5, 0.6) is 0 Å². The van der Waals surface area contributed by atoms with Crippen LogP contribution in [0.15, 0.2) is 36.5 Å². The number of halogens is 1. The molecule has 2 aromatic rings. The summed E-state index contributed by atoms with van der Waals surface area (Å²) in [6.45, 7) is 3.49. The van der Waals surface area contributed by atoms with Crippen molar-refractivity contribution in [1.29, 1.82) is 0 Å². The minimum atomic E-state index is 0. The number of aromatic nitrogens is 2. The van der Waals surface area contributed by atoms with Crippen LogP contribution in [0.4, 0.5) is 0 Å². The summed E-state index contributed by atoms with van der Waals surface area (Å²) < 4.78 is 1.85. The maximum Gasteiger partial charge on any atom is 0.257 e. The highest BCUT2D eigenvalue weighted by atomic mass is 35.5. The summed E-state index contributed by atoms with van der Waals surface area (Å²) in [6, 6.07) is 9.89. The molecule has 0 radical (unpaired) electrons. The van der Waals surface area contributed by atoms with Gasteiger partial charge in [0.1, 0.15) is 0 Å². The third-order valence-electron chi connectivity index (χ3n) is 3.48. The first-order valence-corrected chi connectivity index (χ1v) is 7.21. The molecule has 0 spiro atoms. The molecule has 1 N–H and O–H groups in total. The van der Waals surface area contributed by atoms with Crippen LogP contribution in [0.3, 0.4) is 0 Å². The van der Waals surface area contributed by atoms with Crippen LogP contribution in [0.2, 0.25) is 0 Å². The second kappa shape index (κ2) is 8.56. The summed E-state index contributed by atoms with van der Waals surface area (Å²) >= 11 is 0. The summed E-state index contributed by atoms with van der Waals surface area (Å²) in [6.07, 6.45) is 2.43. The number of carbonyl (C=O) groups is 1. The van der Waals surface area contributed by atoms with E-state index in [4.69, 9.17) is 0 Å². The Bertz CT molecular complexity index is 597. The number of nitrogens with one attached hydrogen (secondary N) is 1. The van der Waals surface area contributed by atoms with Crippen LogP contribution in [0, 0.1) is 0 Å². The Balaban J connectivity index is 0.00000242. The predicted octanol–water partition coefficient (Wildman–Crippen LogP) is 2.15. The molecule has 1 aromatic heterocycles. The SMILES string of the molecule is CCc1c(C(=O)N(C)CCNC)cnn1-c1ccccc1.Cl. The lowest BCUT2D eigenvalue weighted by molar-refractivity contribution is 0.0796. The van der Waals surface area contributed by atoms with Crippen LogP contribution in [0.25, 0.3) is 5.69 Å². The molecule has 2 rings (SSSR count). The number of likely N-dealkylation sites (N-methyl/N-ethyl adjacent to an activating group) is 2.